The molecule has 114 valence electrons. The smallest absolute Gasteiger partial charge is 0.255 e. The van der Waals surface area contributed by atoms with Crippen molar-refractivity contribution in [3.05, 3.63) is 34.2 Å². The Balaban J connectivity index is 1.78. The van der Waals surface area contributed by atoms with Gasteiger partial charge in [0.25, 0.3) is 5.91 Å². The summed E-state index contributed by atoms with van der Waals surface area (Å²) in [5.74, 6) is 0.525. The number of nitrogens with one attached hydrogen (secondary N) is 1. The van der Waals surface area contributed by atoms with Crippen LogP contribution in [-0.2, 0) is 0 Å². The number of amides is 1. The van der Waals surface area contributed by atoms with Crippen molar-refractivity contribution in [1.29, 1.82) is 0 Å². The number of aromatic nitrogens is 1. The van der Waals surface area contributed by atoms with Crippen LogP contribution in [0.4, 0.5) is 0 Å². The van der Waals surface area contributed by atoms with Crippen LogP contribution < -0.4 is 5.56 Å². The molecule has 3 atom stereocenters. The zero-order chi connectivity index (χ0) is 15.0. The van der Waals surface area contributed by atoms with E-state index in [0.717, 1.165) is 25.7 Å². The summed E-state index contributed by atoms with van der Waals surface area (Å²) in [5, 5.41) is 10.8. The first-order valence-electron chi connectivity index (χ1n) is 7.74. The van der Waals surface area contributed by atoms with Crippen LogP contribution in [0.25, 0.3) is 0 Å². The molecule has 1 aromatic heterocycles. The van der Waals surface area contributed by atoms with E-state index in [0.29, 0.717) is 24.6 Å². The first-order chi connectivity index (χ1) is 10.0. The summed E-state index contributed by atoms with van der Waals surface area (Å²) in [6.45, 7) is 3.35. The van der Waals surface area contributed by atoms with Crippen LogP contribution in [0, 0.1) is 11.8 Å². The van der Waals surface area contributed by atoms with Crippen molar-refractivity contribution >= 4 is 5.91 Å². The summed E-state index contributed by atoms with van der Waals surface area (Å²) in [6.07, 6.45) is 5.17. The van der Waals surface area contributed by atoms with Crippen molar-refractivity contribution in [2.45, 2.75) is 38.2 Å². The Morgan fingerprint density at radius 3 is 2.95 bits per heavy atom. The van der Waals surface area contributed by atoms with Crippen LogP contribution in [0.15, 0.2) is 23.1 Å². The Bertz CT molecular complexity index is 577. The Morgan fingerprint density at radius 2 is 2.29 bits per heavy atom. The van der Waals surface area contributed by atoms with Gasteiger partial charge in [0.05, 0.1) is 11.2 Å². The fraction of sp³-hybridized carbons (Fsp3) is 0.625. The molecule has 0 unspecified atom stereocenters. The van der Waals surface area contributed by atoms with Crippen molar-refractivity contribution < 1.29 is 9.90 Å². The largest absolute Gasteiger partial charge is 0.390 e. The molecule has 1 saturated carbocycles. The molecule has 5 nitrogen and oxygen atoms in total. The molecular formula is C16H22N2O3. The fourth-order valence-electron chi connectivity index (χ4n) is 3.96. The Hall–Kier alpha value is -1.62. The van der Waals surface area contributed by atoms with E-state index in [1.165, 1.54) is 12.3 Å². The van der Waals surface area contributed by atoms with Gasteiger partial charge in [0.15, 0.2) is 0 Å². The normalized spacial score (nSPS) is 32.0. The Labute approximate surface area is 124 Å². The summed E-state index contributed by atoms with van der Waals surface area (Å²) in [6, 6.07) is 2.94. The molecule has 1 amide bonds. The second-order valence-corrected chi connectivity index (χ2v) is 6.37. The van der Waals surface area contributed by atoms with E-state index >= 15 is 0 Å². The van der Waals surface area contributed by atoms with Crippen molar-refractivity contribution in [2.24, 2.45) is 11.8 Å². The molecule has 21 heavy (non-hydrogen) atoms. The molecule has 3 rings (SSSR count). The minimum absolute atomic E-state index is 0.0564. The molecule has 2 heterocycles. The molecule has 1 aliphatic carbocycles. The van der Waals surface area contributed by atoms with Gasteiger partial charge in [-0.05, 0) is 31.2 Å². The van der Waals surface area contributed by atoms with E-state index in [1.807, 2.05) is 11.8 Å². The van der Waals surface area contributed by atoms with E-state index in [2.05, 4.69) is 4.98 Å². The number of pyridine rings is 1. The molecule has 1 aromatic rings. The molecule has 2 fully saturated rings. The van der Waals surface area contributed by atoms with Gasteiger partial charge in [0, 0.05) is 31.3 Å². The molecule has 0 aromatic carbocycles. The van der Waals surface area contributed by atoms with Crippen LogP contribution in [0.5, 0.6) is 0 Å². The average Bonchev–Trinajstić information content (AvgIpc) is 2.93. The highest BCUT2D eigenvalue weighted by molar-refractivity contribution is 5.94. The molecule has 1 saturated heterocycles. The lowest BCUT2D eigenvalue weighted by Gasteiger charge is -2.40. The molecule has 0 bridgehead atoms. The molecule has 1 aliphatic heterocycles. The molecule has 0 radical (unpaired) electrons. The maximum Gasteiger partial charge on any atom is 0.255 e. The lowest BCUT2D eigenvalue weighted by atomic mass is 9.69. The zero-order valence-corrected chi connectivity index (χ0v) is 12.3. The van der Waals surface area contributed by atoms with Crippen LogP contribution in [-0.4, -0.2) is 39.6 Å². The number of likely N-dealkylation sites (tertiary alicyclic amines) is 1. The molecule has 2 aliphatic rings. The monoisotopic (exact) mass is 290 g/mol. The van der Waals surface area contributed by atoms with E-state index in [-0.39, 0.29) is 17.4 Å². The van der Waals surface area contributed by atoms with E-state index in [9.17, 15) is 14.7 Å². The predicted octanol–water partition coefficient (Wildman–Crippen LogP) is 1.39. The van der Waals surface area contributed by atoms with Gasteiger partial charge in [-0.3, -0.25) is 9.59 Å². The highest BCUT2D eigenvalue weighted by Crippen LogP contribution is 2.44. The number of carbonyl (C=O) groups is 1. The molecule has 0 spiro atoms. The van der Waals surface area contributed by atoms with Gasteiger partial charge < -0.3 is 15.0 Å². The van der Waals surface area contributed by atoms with Crippen molar-refractivity contribution in [2.75, 3.05) is 13.1 Å². The Morgan fingerprint density at radius 1 is 1.48 bits per heavy atom. The van der Waals surface area contributed by atoms with Gasteiger partial charge in [0.1, 0.15) is 0 Å². The summed E-state index contributed by atoms with van der Waals surface area (Å²) in [4.78, 5) is 28.0. The third-order valence-corrected chi connectivity index (χ3v) is 5.25. The lowest BCUT2D eigenvalue weighted by Crippen LogP contribution is -2.44. The number of hydrogen-bond acceptors (Lipinski definition) is 3. The minimum atomic E-state index is -0.622. The number of aliphatic hydroxyl groups is 1. The van der Waals surface area contributed by atoms with Gasteiger partial charge >= 0.3 is 0 Å². The second-order valence-electron chi connectivity index (χ2n) is 6.37. The standard InChI is InChI=1S/C16H22N2O3/c1-2-16(21)7-3-4-12-9-18(10-13(12)16)15(20)11-5-6-14(19)17-8-11/h5-6,8,12-13,21H,2-4,7,9-10H2,1H3,(H,17,19)/t12-,13+,16-/m1/s1. The SMILES string of the molecule is CC[C@@]1(O)CCC[C@@H]2CN(C(=O)c3ccc(=O)[nH]c3)C[C@@H]21. The van der Waals surface area contributed by atoms with Gasteiger partial charge in [-0.2, -0.15) is 0 Å². The summed E-state index contributed by atoms with van der Waals surface area (Å²) in [5.41, 5.74) is -0.321. The third-order valence-electron chi connectivity index (χ3n) is 5.25. The highest BCUT2D eigenvalue weighted by Gasteiger charge is 2.48. The first-order valence-corrected chi connectivity index (χ1v) is 7.74. The third kappa shape index (κ3) is 2.50. The number of fused-ring (bicyclic) bond motifs is 1. The van der Waals surface area contributed by atoms with Crippen LogP contribution in [0.2, 0.25) is 0 Å². The van der Waals surface area contributed by atoms with Crippen LogP contribution >= 0.6 is 0 Å². The first kappa shape index (κ1) is 14.3. The number of aromatic amines is 1. The van der Waals surface area contributed by atoms with Crippen LogP contribution in [0.3, 0.4) is 0 Å². The van der Waals surface area contributed by atoms with E-state index in [4.69, 9.17) is 0 Å². The van der Waals surface area contributed by atoms with Gasteiger partial charge in [-0.25, -0.2) is 0 Å². The van der Waals surface area contributed by atoms with Gasteiger partial charge in [0.2, 0.25) is 5.56 Å². The van der Waals surface area contributed by atoms with Gasteiger partial charge in [-0.1, -0.05) is 13.3 Å². The number of hydrogen-bond donors (Lipinski definition) is 2. The lowest BCUT2D eigenvalue weighted by molar-refractivity contribution is -0.0609. The second kappa shape index (κ2) is 5.30. The molecule has 2 N–H and O–H groups in total. The van der Waals surface area contributed by atoms with Crippen molar-refractivity contribution in [1.82, 2.24) is 9.88 Å². The number of rotatable bonds is 2. The topological polar surface area (TPSA) is 73.4 Å². The minimum Gasteiger partial charge on any atom is -0.390 e. The van der Waals surface area contributed by atoms with Crippen molar-refractivity contribution in [3.8, 4) is 0 Å². The molecular weight excluding hydrogens is 268 g/mol. The number of nitrogens with zero attached hydrogens (tertiary/aromatic N) is 1. The highest BCUT2D eigenvalue weighted by atomic mass is 16.3. The van der Waals surface area contributed by atoms with Gasteiger partial charge in [-0.15, -0.1) is 0 Å². The summed E-state index contributed by atoms with van der Waals surface area (Å²) in [7, 11) is 0. The molecule has 5 heteroatoms. The number of carbonyl (C=O) groups excluding carboxylic acids is 1. The quantitative estimate of drug-likeness (QED) is 0.864. The maximum absolute atomic E-state index is 12.5. The van der Waals surface area contributed by atoms with E-state index < -0.39 is 5.60 Å². The van der Waals surface area contributed by atoms with Crippen LogP contribution in [0.1, 0.15) is 43.0 Å². The van der Waals surface area contributed by atoms with Crippen molar-refractivity contribution in [3.63, 3.8) is 0 Å². The maximum atomic E-state index is 12.5. The zero-order valence-electron chi connectivity index (χ0n) is 12.3. The Kier molecular flexibility index (Phi) is 3.61. The summed E-state index contributed by atoms with van der Waals surface area (Å²) >= 11 is 0. The average molecular weight is 290 g/mol. The number of H-pyrrole nitrogens is 1. The predicted molar refractivity (Wildman–Crippen MR) is 79.0 cm³/mol. The fourth-order valence-corrected chi connectivity index (χ4v) is 3.96. The summed E-state index contributed by atoms with van der Waals surface area (Å²) < 4.78 is 0. The van der Waals surface area contributed by atoms with E-state index in [1.54, 1.807) is 6.07 Å².